The summed E-state index contributed by atoms with van der Waals surface area (Å²) in [6.07, 6.45) is 2.15. The Labute approximate surface area is 283 Å². The van der Waals surface area contributed by atoms with Crippen molar-refractivity contribution in [3.8, 4) is 5.75 Å². The zero-order valence-corrected chi connectivity index (χ0v) is 29.2. The molecule has 4 aromatic rings. The number of anilines is 1. The zero-order chi connectivity index (χ0) is 34.0. The number of para-hydroxylation sites is 2. The molecule has 0 fully saturated rings. The van der Waals surface area contributed by atoms with E-state index in [-0.39, 0.29) is 29.5 Å². The summed E-state index contributed by atoms with van der Waals surface area (Å²) in [6, 6.07) is 31.3. The lowest BCUT2D eigenvalue weighted by Crippen LogP contribution is -2.56. The maximum absolute atomic E-state index is 14.7. The first-order chi connectivity index (χ1) is 22.4. The Hall–Kier alpha value is -4.28. The minimum Gasteiger partial charge on any atom is -0.492 e. The highest BCUT2D eigenvalue weighted by molar-refractivity contribution is 7.98. The van der Waals surface area contributed by atoms with E-state index in [4.69, 9.17) is 4.74 Å². The van der Waals surface area contributed by atoms with Crippen LogP contribution in [0.1, 0.15) is 38.8 Å². The van der Waals surface area contributed by atoms with Gasteiger partial charge in [-0.3, -0.25) is 13.9 Å². The molecule has 10 heteroatoms. The normalized spacial score (nSPS) is 12.2. The average Bonchev–Trinajstić information content (AvgIpc) is 3.05. The summed E-state index contributed by atoms with van der Waals surface area (Å²) >= 11 is 1.50. The number of nitrogens with one attached hydrogen (secondary N) is 1. The van der Waals surface area contributed by atoms with Gasteiger partial charge in [0.1, 0.15) is 18.3 Å². The van der Waals surface area contributed by atoms with Gasteiger partial charge < -0.3 is 15.0 Å². The minimum atomic E-state index is -4.26. The highest BCUT2D eigenvalue weighted by Crippen LogP contribution is 2.33. The lowest BCUT2D eigenvalue weighted by Gasteiger charge is -2.35. The largest absolute Gasteiger partial charge is 0.492 e. The Morgan fingerprint density at radius 1 is 0.830 bits per heavy atom. The maximum atomic E-state index is 14.7. The van der Waals surface area contributed by atoms with Crippen LogP contribution in [0.4, 0.5) is 5.69 Å². The predicted molar refractivity (Wildman–Crippen MR) is 189 cm³/mol. The number of sulfonamides is 1. The third kappa shape index (κ3) is 9.62. The Balaban J connectivity index is 1.84. The summed E-state index contributed by atoms with van der Waals surface area (Å²) < 4.78 is 35.7. The van der Waals surface area contributed by atoms with Gasteiger partial charge in [-0.15, -0.1) is 11.8 Å². The van der Waals surface area contributed by atoms with Crippen LogP contribution in [-0.2, 0) is 32.6 Å². The smallest absolute Gasteiger partial charge is 0.264 e. The molecule has 0 saturated heterocycles. The number of carbonyl (C=O) groups excluding carboxylic acids is 2. The van der Waals surface area contributed by atoms with Crippen LogP contribution in [0.15, 0.2) is 119 Å². The third-order valence-electron chi connectivity index (χ3n) is 7.33. The van der Waals surface area contributed by atoms with Gasteiger partial charge in [0.25, 0.3) is 10.0 Å². The van der Waals surface area contributed by atoms with Crippen molar-refractivity contribution < 1.29 is 22.7 Å². The van der Waals surface area contributed by atoms with Gasteiger partial charge in [0.15, 0.2) is 0 Å². The minimum absolute atomic E-state index is 0.0373. The van der Waals surface area contributed by atoms with Crippen LogP contribution in [0.3, 0.4) is 0 Å². The van der Waals surface area contributed by atoms with Gasteiger partial charge in [-0.1, -0.05) is 72.8 Å². The quantitative estimate of drug-likeness (QED) is 0.153. The van der Waals surface area contributed by atoms with Gasteiger partial charge in [-0.2, -0.15) is 0 Å². The molecule has 0 spiro atoms. The predicted octanol–water partition coefficient (Wildman–Crippen LogP) is 6.56. The molecule has 4 rings (SSSR count). The highest BCUT2D eigenvalue weighted by Gasteiger charge is 2.36. The molecular formula is C37H43N3O5S2. The molecule has 0 saturated carbocycles. The molecule has 2 amide bonds. The number of rotatable bonds is 14. The van der Waals surface area contributed by atoms with Crippen LogP contribution in [0.25, 0.3) is 0 Å². The number of hydrogen-bond donors (Lipinski definition) is 1. The second kappa shape index (κ2) is 16.0. The Morgan fingerprint density at radius 3 is 1.98 bits per heavy atom. The van der Waals surface area contributed by atoms with Crippen molar-refractivity contribution in [1.82, 2.24) is 10.2 Å². The van der Waals surface area contributed by atoms with E-state index in [0.29, 0.717) is 12.4 Å². The van der Waals surface area contributed by atoms with E-state index >= 15 is 0 Å². The number of carbonyl (C=O) groups is 2. The van der Waals surface area contributed by atoms with Gasteiger partial charge >= 0.3 is 0 Å². The summed E-state index contributed by atoms with van der Waals surface area (Å²) in [5.74, 6) is -0.537. The SMILES string of the molecule is CCOc1ccccc1N(CC(=O)N(Cc1ccccc1)[C@H](Cc1ccccc1)C(=O)NC(C)(C)C)S(=O)(=O)c1ccc(SC)cc1. The summed E-state index contributed by atoms with van der Waals surface area (Å²) in [5.41, 5.74) is 1.34. The van der Waals surface area contributed by atoms with E-state index in [1.165, 1.54) is 16.7 Å². The summed E-state index contributed by atoms with van der Waals surface area (Å²) in [7, 11) is -4.26. The van der Waals surface area contributed by atoms with E-state index in [9.17, 15) is 18.0 Å². The van der Waals surface area contributed by atoms with Gasteiger partial charge in [0.05, 0.1) is 17.2 Å². The Kier molecular flexibility index (Phi) is 12.1. The molecule has 0 aliphatic carbocycles. The van der Waals surface area contributed by atoms with Crippen LogP contribution < -0.4 is 14.4 Å². The topological polar surface area (TPSA) is 96.0 Å². The Bertz CT molecular complexity index is 1730. The molecule has 0 aliphatic heterocycles. The number of ether oxygens (including phenoxy) is 1. The average molecular weight is 674 g/mol. The molecule has 0 aliphatic rings. The second-order valence-electron chi connectivity index (χ2n) is 12.0. The van der Waals surface area contributed by atoms with Crippen molar-refractivity contribution in [2.24, 2.45) is 0 Å². The van der Waals surface area contributed by atoms with E-state index in [1.807, 2.05) is 94.6 Å². The first kappa shape index (κ1) is 35.6. The van der Waals surface area contributed by atoms with Crippen LogP contribution in [0.2, 0.25) is 0 Å². The van der Waals surface area contributed by atoms with E-state index in [2.05, 4.69) is 5.32 Å². The molecule has 0 bridgehead atoms. The summed E-state index contributed by atoms with van der Waals surface area (Å²) in [5, 5.41) is 3.05. The van der Waals surface area contributed by atoms with Crippen LogP contribution in [-0.4, -0.2) is 56.1 Å². The molecule has 0 aromatic heterocycles. The summed E-state index contributed by atoms with van der Waals surface area (Å²) in [6.45, 7) is 7.30. The van der Waals surface area contributed by atoms with Gasteiger partial charge in [-0.25, -0.2) is 8.42 Å². The lowest BCUT2D eigenvalue weighted by molar-refractivity contribution is -0.140. The molecule has 248 valence electrons. The van der Waals surface area contributed by atoms with Crippen LogP contribution in [0.5, 0.6) is 5.75 Å². The first-order valence-corrected chi connectivity index (χ1v) is 18.2. The van der Waals surface area contributed by atoms with Crippen molar-refractivity contribution in [1.29, 1.82) is 0 Å². The molecule has 1 atom stereocenters. The van der Waals surface area contributed by atoms with Gasteiger partial charge in [0.2, 0.25) is 11.8 Å². The fourth-order valence-electron chi connectivity index (χ4n) is 5.12. The van der Waals surface area contributed by atoms with Crippen molar-refractivity contribution in [2.45, 2.75) is 62.0 Å². The van der Waals surface area contributed by atoms with E-state index in [1.54, 1.807) is 48.5 Å². The maximum Gasteiger partial charge on any atom is 0.264 e. The lowest BCUT2D eigenvalue weighted by atomic mass is 10.0. The third-order valence-corrected chi connectivity index (χ3v) is 9.84. The number of thioether (sulfide) groups is 1. The molecule has 0 unspecified atom stereocenters. The van der Waals surface area contributed by atoms with Gasteiger partial charge in [-0.05, 0) is 81.5 Å². The number of benzene rings is 4. The zero-order valence-electron chi connectivity index (χ0n) is 27.6. The highest BCUT2D eigenvalue weighted by atomic mass is 32.2. The fraction of sp³-hybridized carbons (Fsp3) is 0.297. The van der Waals surface area contributed by atoms with E-state index in [0.717, 1.165) is 20.3 Å². The molecule has 0 heterocycles. The first-order valence-electron chi connectivity index (χ1n) is 15.5. The van der Waals surface area contributed by atoms with Crippen molar-refractivity contribution in [3.63, 3.8) is 0 Å². The standard InChI is InChI=1S/C37H43N3O5S2/c1-6-45-34-20-14-13-19-32(34)40(47(43,44)31-23-21-30(46-5)22-24-31)27-35(41)39(26-29-17-11-8-12-18-29)33(36(42)38-37(2,3)4)25-28-15-9-7-10-16-28/h7-24,33H,6,25-27H2,1-5H3,(H,38,42)/t33-/m1/s1. The van der Waals surface area contributed by atoms with Crippen molar-refractivity contribution in [2.75, 3.05) is 23.7 Å². The monoisotopic (exact) mass is 673 g/mol. The Morgan fingerprint density at radius 2 is 1.40 bits per heavy atom. The van der Waals surface area contributed by atoms with Crippen molar-refractivity contribution >= 4 is 39.3 Å². The molecule has 1 N–H and O–H groups in total. The van der Waals surface area contributed by atoms with Crippen LogP contribution in [0, 0.1) is 0 Å². The second-order valence-corrected chi connectivity index (χ2v) is 14.8. The van der Waals surface area contributed by atoms with Crippen LogP contribution >= 0.6 is 11.8 Å². The number of amides is 2. The molecule has 47 heavy (non-hydrogen) atoms. The van der Waals surface area contributed by atoms with Gasteiger partial charge in [0, 0.05) is 23.4 Å². The molecule has 4 aromatic carbocycles. The molecular weight excluding hydrogens is 631 g/mol. The fourth-order valence-corrected chi connectivity index (χ4v) is 6.95. The summed E-state index contributed by atoms with van der Waals surface area (Å²) in [4.78, 5) is 31.1. The van der Waals surface area contributed by atoms with Crippen molar-refractivity contribution in [3.05, 3.63) is 120 Å². The molecule has 0 radical (unpaired) electrons. The van der Waals surface area contributed by atoms with E-state index < -0.39 is 34.1 Å². The molecule has 8 nitrogen and oxygen atoms in total. The number of hydrogen-bond acceptors (Lipinski definition) is 6. The number of nitrogens with zero attached hydrogens (tertiary/aromatic N) is 2.